The number of fused-ring (bicyclic) bond motifs is 1. The molecule has 0 aromatic heterocycles. The Balaban J connectivity index is 2.11. The zero-order valence-corrected chi connectivity index (χ0v) is 9.98. The third-order valence-electron chi connectivity index (χ3n) is 3.07. The van der Waals surface area contributed by atoms with Crippen molar-refractivity contribution in [1.82, 2.24) is 0 Å². The van der Waals surface area contributed by atoms with Crippen LogP contribution in [-0.4, -0.2) is 16.7 Å². The van der Waals surface area contributed by atoms with Crippen LogP contribution in [0.3, 0.4) is 0 Å². The zero-order valence-electron chi connectivity index (χ0n) is 9.98. The highest BCUT2D eigenvalue weighted by atomic mass is 16.5. The fourth-order valence-electron chi connectivity index (χ4n) is 2.15. The Hall–Kier alpha value is -2.62. The molecule has 0 aliphatic carbocycles. The third kappa shape index (κ3) is 1.87. The average molecular weight is 253 g/mol. The van der Waals surface area contributed by atoms with Gasteiger partial charge in [-0.05, 0) is 17.7 Å². The lowest BCUT2D eigenvalue weighted by atomic mass is 9.94. The van der Waals surface area contributed by atoms with Crippen LogP contribution in [0.25, 0.3) is 0 Å². The lowest BCUT2D eigenvalue weighted by molar-refractivity contribution is 0.102. The van der Waals surface area contributed by atoms with E-state index >= 15 is 0 Å². The minimum Gasteiger partial charge on any atom is -0.478 e. The first-order valence-electron chi connectivity index (χ1n) is 5.88. The Morgan fingerprint density at radius 1 is 1.00 bits per heavy atom. The molecule has 1 aliphatic rings. The molecule has 94 valence electrons. The number of carbonyl (C=O) groups is 1. The number of nitrogens with zero attached hydrogens (tertiary/aromatic N) is 1. The number of benzene rings is 2. The molecule has 0 saturated heterocycles. The maximum Gasteiger partial charge on any atom is 0.218 e. The van der Waals surface area contributed by atoms with Crippen LogP contribution >= 0.6 is 0 Å². The highest BCUT2D eigenvalue weighted by Gasteiger charge is 2.34. The summed E-state index contributed by atoms with van der Waals surface area (Å²) in [7, 11) is 0. The quantitative estimate of drug-likeness (QED) is 0.628. The van der Waals surface area contributed by atoms with Crippen LogP contribution in [0.2, 0.25) is 0 Å². The van der Waals surface area contributed by atoms with E-state index in [4.69, 9.17) is 9.94 Å². The first-order valence-corrected chi connectivity index (χ1v) is 5.88. The van der Waals surface area contributed by atoms with Gasteiger partial charge >= 0.3 is 0 Å². The second-order valence-electron chi connectivity index (χ2n) is 4.22. The largest absolute Gasteiger partial charge is 0.478 e. The monoisotopic (exact) mass is 253 g/mol. The summed E-state index contributed by atoms with van der Waals surface area (Å²) < 4.78 is 5.78. The molecular formula is C15H11NO3. The van der Waals surface area contributed by atoms with Gasteiger partial charge in [0.05, 0.1) is 5.56 Å². The molecule has 2 aromatic rings. The smallest absolute Gasteiger partial charge is 0.218 e. The van der Waals surface area contributed by atoms with Crippen molar-refractivity contribution in [3.8, 4) is 5.75 Å². The van der Waals surface area contributed by atoms with Crippen molar-refractivity contribution in [3.63, 3.8) is 0 Å². The van der Waals surface area contributed by atoms with Crippen LogP contribution in [0.15, 0.2) is 59.8 Å². The molecule has 0 bridgehead atoms. The van der Waals surface area contributed by atoms with Gasteiger partial charge in [-0.3, -0.25) is 4.79 Å². The van der Waals surface area contributed by atoms with E-state index in [9.17, 15) is 4.79 Å². The van der Waals surface area contributed by atoms with E-state index in [2.05, 4.69) is 5.16 Å². The summed E-state index contributed by atoms with van der Waals surface area (Å²) in [6, 6.07) is 16.2. The summed E-state index contributed by atoms with van der Waals surface area (Å²) in [6.45, 7) is 0. The predicted molar refractivity (Wildman–Crippen MR) is 69.8 cm³/mol. The Morgan fingerprint density at radius 3 is 2.42 bits per heavy atom. The number of para-hydroxylation sites is 1. The van der Waals surface area contributed by atoms with Crippen LogP contribution in [0.5, 0.6) is 5.75 Å². The van der Waals surface area contributed by atoms with Crippen molar-refractivity contribution in [3.05, 3.63) is 65.7 Å². The number of oxime groups is 1. The van der Waals surface area contributed by atoms with Gasteiger partial charge < -0.3 is 9.94 Å². The Morgan fingerprint density at radius 2 is 1.68 bits per heavy atom. The van der Waals surface area contributed by atoms with Gasteiger partial charge in [-0.15, -0.1) is 0 Å². The molecule has 0 radical (unpaired) electrons. The van der Waals surface area contributed by atoms with Gasteiger partial charge in [-0.25, -0.2) is 0 Å². The molecule has 0 amide bonds. The first kappa shape index (κ1) is 11.5. The van der Waals surface area contributed by atoms with Gasteiger partial charge in [-0.1, -0.05) is 47.6 Å². The van der Waals surface area contributed by atoms with Crippen molar-refractivity contribution < 1.29 is 14.7 Å². The number of hydrogen-bond acceptors (Lipinski definition) is 4. The van der Waals surface area contributed by atoms with Gasteiger partial charge in [-0.2, -0.15) is 0 Å². The molecular weight excluding hydrogens is 242 g/mol. The van der Waals surface area contributed by atoms with Crippen molar-refractivity contribution in [2.45, 2.75) is 6.10 Å². The van der Waals surface area contributed by atoms with Gasteiger partial charge in [0.1, 0.15) is 5.75 Å². The van der Waals surface area contributed by atoms with Gasteiger partial charge in [0.25, 0.3) is 0 Å². The number of carbonyl (C=O) groups excluding carboxylic acids is 1. The van der Waals surface area contributed by atoms with E-state index in [1.807, 2.05) is 30.3 Å². The van der Waals surface area contributed by atoms with Crippen molar-refractivity contribution in [1.29, 1.82) is 0 Å². The highest BCUT2D eigenvalue weighted by molar-refractivity contribution is 6.48. The van der Waals surface area contributed by atoms with Gasteiger partial charge in [0, 0.05) is 0 Å². The van der Waals surface area contributed by atoms with Crippen LogP contribution in [-0.2, 0) is 0 Å². The Labute approximate surface area is 109 Å². The van der Waals surface area contributed by atoms with Crippen LogP contribution in [0, 0.1) is 0 Å². The first-order chi connectivity index (χ1) is 9.31. The third-order valence-corrected chi connectivity index (χ3v) is 3.07. The summed E-state index contributed by atoms with van der Waals surface area (Å²) in [5.74, 6) is 0.201. The highest BCUT2D eigenvalue weighted by Crippen LogP contribution is 2.33. The molecule has 19 heavy (non-hydrogen) atoms. The molecule has 1 atom stereocenters. The maximum absolute atomic E-state index is 12.3. The fraction of sp³-hybridized carbons (Fsp3) is 0.0667. The van der Waals surface area contributed by atoms with Crippen LogP contribution in [0.1, 0.15) is 22.0 Å². The van der Waals surface area contributed by atoms with E-state index in [1.54, 1.807) is 24.3 Å². The van der Waals surface area contributed by atoms with E-state index in [0.717, 1.165) is 5.56 Å². The Kier molecular flexibility index (Phi) is 2.76. The summed E-state index contributed by atoms with van der Waals surface area (Å²) >= 11 is 0. The lowest BCUT2D eigenvalue weighted by Crippen LogP contribution is -2.32. The molecule has 1 heterocycles. The second-order valence-corrected chi connectivity index (χ2v) is 4.22. The average Bonchev–Trinajstić information content (AvgIpc) is 2.48. The molecule has 1 aliphatic heterocycles. The van der Waals surface area contributed by atoms with Gasteiger partial charge in [0.15, 0.2) is 11.8 Å². The number of ketones is 1. The molecule has 0 spiro atoms. The second kappa shape index (κ2) is 4.57. The number of hydrogen-bond donors (Lipinski definition) is 1. The van der Waals surface area contributed by atoms with E-state index in [-0.39, 0.29) is 11.5 Å². The molecule has 4 heteroatoms. The molecule has 0 fully saturated rings. The summed E-state index contributed by atoms with van der Waals surface area (Å²) in [5.41, 5.74) is 1.20. The molecule has 4 nitrogen and oxygen atoms in total. The van der Waals surface area contributed by atoms with Gasteiger partial charge in [0.2, 0.25) is 5.78 Å². The molecule has 0 saturated carbocycles. The van der Waals surface area contributed by atoms with Crippen molar-refractivity contribution >= 4 is 11.5 Å². The fourth-order valence-corrected chi connectivity index (χ4v) is 2.15. The zero-order chi connectivity index (χ0) is 13.2. The minimum atomic E-state index is -0.673. The minimum absolute atomic E-state index is 0.00454. The standard InChI is InChI=1S/C15H11NO3/c17-14-11-8-4-5-9-12(11)19-15(13(14)16-18)10-6-2-1-3-7-10/h1-9,15,18H/b16-13+/t15-/m0/s1. The normalized spacial score (nSPS) is 19.9. The molecule has 3 rings (SSSR count). The predicted octanol–water partition coefficient (Wildman–Crippen LogP) is 2.83. The number of Topliss-reactive ketones (excluding diaryl/α,β-unsaturated/α-hetero) is 1. The summed E-state index contributed by atoms with van der Waals surface area (Å²) in [6.07, 6.45) is -0.673. The summed E-state index contributed by atoms with van der Waals surface area (Å²) in [5, 5.41) is 12.2. The van der Waals surface area contributed by atoms with E-state index < -0.39 is 6.10 Å². The van der Waals surface area contributed by atoms with E-state index in [0.29, 0.717) is 11.3 Å². The SMILES string of the molecule is O=C1/C(=N\O)[C@H](c2ccccc2)Oc2ccccc21. The molecule has 0 unspecified atom stereocenters. The number of rotatable bonds is 1. The summed E-state index contributed by atoms with van der Waals surface area (Å²) in [4.78, 5) is 12.3. The van der Waals surface area contributed by atoms with Crippen molar-refractivity contribution in [2.24, 2.45) is 5.16 Å². The maximum atomic E-state index is 12.3. The Bertz CT molecular complexity index is 649. The van der Waals surface area contributed by atoms with Crippen LogP contribution in [0.4, 0.5) is 0 Å². The number of ether oxygens (including phenoxy) is 1. The van der Waals surface area contributed by atoms with Crippen LogP contribution < -0.4 is 4.74 Å². The van der Waals surface area contributed by atoms with Crippen molar-refractivity contribution in [2.75, 3.05) is 0 Å². The molecule has 2 aromatic carbocycles. The topological polar surface area (TPSA) is 58.9 Å². The lowest BCUT2D eigenvalue weighted by Gasteiger charge is -2.25. The van der Waals surface area contributed by atoms with E-state index in [1.165, 1.54) is 0 Å². The molecule has 1 N–H and O–H groups in total.